The van der Waals surface area contributed by atoms with Crippen LogP contribution in [0.25, 0.3) is 0 Å². The standard InChI is InChI=1S/C22H40O5/c1-4-6-8-12-16-25-22(26-17-13-9-7-5-2)15-11-10-14-21(24)27-19-20(3)18-23/h6-9,20,22-23H,4-5,10-19H2,1-3H3/b8-6-,9-7-. The van der Waals surface area contributed by atoms with Gasteiger partial charge in [-0.25, -0.2) is 0 Å². The minimum Gasteiger partial charge on any atom is -0.465 e. The maximum atomic E-state index is 11.7. The molecule has 0 aromatic carbocycles. The van der Waals surface area contributed by atoms with Crippen LogP contribution in [0.15, 0.2) is 24.3 Å². The summed E-state index contributed by atoms with van der Waals surface area (Å²) in [7, 11) is 0. The number of carbonyl (C=O) groups excluding carboxylic acids is 1. The molecule has 0 aromatic rings. The number of aliphatic hydroxyl groups is 1. The number of aliphatic hydroxyl groups excluding tert-OH is 1. The molecule has 1 atom stereocenters. The lowest BCUT2D eigenvalue weighted by molar-refractivity contribution is -0.148. The van der Waals surface area contributed by atoms with E-state index in [-0.39, 0.29) is 31.4 Å². The van der Waals surface area contributed by atoms with Gasteiger partial charge in [0.1, 0.15) is 0 Å². The molecule has 27 heavy (non-hydrogen) atoms. The Kier molecular flexibility index (Phi) is 18.7. The van der Waals surface area contributed by atoms with Crippen molar-refractivity contribution >= 4 is 5.97 Å². The summed E-state index contributed by atoms with van der Waals surface area (Å²) < 4.78 is 16.8. The molecule has 0 fully saturated rings. The zero-order chi connectivity index (χ0) is 20.2. The Morgan fingerprint density at radius 2 is 1.56 bits per heavy atom. The molecule has 0 aliphatic carbocycles. The molecule has 1 N–H and O–H groups in total. The highest BCUT2D eigenvalue weighted by Gasteiger charge is 2.11. The predicted molar refractivity (Wildman–Crippen MR) is 109 cm³/mol. The summed E-state index contributed by atoms with van der Waals surface area (Å²) in [5.74, 6) is -0.216. The van der Waals surface area contributed by atoms with Crippen molar-refractivity contribution in [3.8, 4) is 0 Å². The van der Waals surface area contributed by atoms with Gasteiger partial charge in [0.15, 0.2) is 6.29 Å². The van der Waals surface area contributed by atoms with Crippen LogP contribution in [-0.4, -0.2) is 43.8 Å². The van der Waals surface area contributed by atoms with Gasteiger partial charge in [-0.3, -0.25) is 4.79 Å². The van der Waals surface area contributed by atoms with Crippen LogP contribution in [0.3, 0.4) is 0 Å². The quantitative estimate of drug-likeness (QED) is 0.159. The van der Waals surface area contributed by atoms with Gasteiger partial charge in [0.05, 0.1) is 19.8 Å². The Morgan fingerprint density at radius 3 is 2.07 bits per heavy atom. The van der Waals surface area contributed by atoms with Crippen molar-refractivity contribution in [1.82, 2.24) is 0 Å². The first-order valence-electron chi connectivity index (χ1n) is 10.4. The van der Waals surface area contributed by atoms with Gasteiger partial charge in [0.2, 0.25) is 0 Å². The van der Waals surface area contributed by atoms with Crippen LogP contribution in [0.5, 0.6) is 0 Å². The van der Waals surface area contributed by atoms with Crippen LogP contribution < -0.4 is 0 Å². The van der Waals surface area contributed by atoms with E-state index in [1.165, 1.54) is 0 Å². The molecule has 5 heteroatoms. The highest BCUT2D eigenvalue weighted by Crippen LogP contribution is 2.11. The summed E-state index contributed by atoms with van der Waals surface area (Å²) in [6.07, 6.45) is 14.9. The first kappa shape index (κ1) is 25.8. The van der Waals surface area contributed by atoms with Gasteiger partial charge in [-0.2, -0.15) is 0 Å². The van der Waals surface area contributed by atoms with Crippen molar-refractivity contribution in [3.63, 3.8) is 0 Å². The molecular formula is C22H40O5. The fraction of sp³-hybridized carbons (Fsp3) is 0.773. The van der Waals surface area contributed by atoms with Crippen molar-refractivity contribution in [1.29, 1.82) is 0 Å². The van der Waals surface area contributed by atoms with E-state index in [2.05, 4.69) is 38.2 Å². The number of allylic oxidation sites excluding steroid dienone is 2. The lowest BCUT2D eigenvalue weighted by atomic mass is 10.2. The summed E-state index contributed by atoms with van der Waals surface area (Å²) in [6.45, 7) is 7.68. The van der Waals surface area contributed by atoms with Crippen molar-refractivity contribution in [2.45, 2.75) is 78.4 Å². The highest BCUT2D eigenvalue weighted by molar-refractivity contribution is 5.69. The van der Waals surface area contributed by atoms with E-state index in [1.807, 2.05) is 6.92 Å². The molecule has 0 aliphatic rings. The van der Waals surface area contributed by atoms with Gasteiger partial charge in [0.25, 0.3) is 0 Å². The fourth-order valence-corrected chi connectivity index (χ4v) is 2.26. The second kappa shape index (κ2) is 19.6. The number of ether oxygens (including phenoxy) is 3. The summed E-state index contributed by atoms with van der Waals surface area (Å²) in [4.78, 5) is 11.7. The number of hydrogen-bond donors (Lipinski definition) is 1. The fourth-order valence-electron chi connectivity index (χ4n) is 2.26. The van der Waals surface area contributed by atoms with E-state index in [0.717, 1.165) is 44.9 Å². The van der Waals surface area contributed by atoms with E-state index in [0.29, 0.717) is 19.6 Å². The Bertz CT molecular complexity index is 372. The first-order chi connectivity index (χ1) is 13.1. The van der Waals surface area contributed by atoms with E-state index in [1.54, 1.807) is 0 Å². The Hall–Kier alpha value is -1.17. The smallest absolute Gasteiger partial charge is 0.305 e. The lowest BCUT2D eigenvalue weighted by Gasteiger charge is -2.18. The average Bonchev–Trinajstić information content (AvgIpc) is 2.68. The zero-order valence-corrected chi connectivity index (χ0v) is 17.5. The van der Waals surface area contributed by atoms with Gasteiger partial charge in [-0.05, 0) is 44.9 Å². The molecule has 5 nitrogen and oxygen atoms in total. The van der Waals surface area contributed by atoms with E-state index >= 15 is 0 Å². The summed E-state index contributed by atoms with van der Waals surface area (Å²) in [6, 6.07) is 0. The normalized spacial score (nSPS) is 13.1. The maximum Gasteiger partial charge on any atom is 0.305 e. The molecule has 0 rings (SSSR count). The number of carbonyl (C=O) groups is 1. The molecule has 1 unspecified atom stereocenters. The Morgan fingerprint density at radius 1 is 0.963 bits per heavy atom. The molecule has 0 bridgehead atoms. The second-order valence-corrected chi connectivity index (χ2v) is 6.72. The zero-order valence-electron chi connectivity index (χ0n) is 17.5. The van der Waals surface area contributed by atoms with Crippen LogP contribution in [0.2, 0.25) is 0 Å². The van der Waals surface area contributed by atoms with Crippen molar-refractivity contribution < 1.29 is 24.1 Å². The third-order valence-corrected chi connectivity index (χ3v) is 3.89. The molecule has 0 amide bonds. The second-order valence-electron chi connectivity index (χ2n) is 6.72. The molecule has 0 saturated carbocycles. The van der Waals surface area contributed by atoms with E-state index < -0.39 is 0 Å². The number of unbranched alkanes of at least 4 members (excludes halogenated alkanes) is 1. The van der Waals surface area contributed by atoms with Crippen LogP contribution in [0.1, 0.15) is 72.1 Å². The Labute approximate surface area is 165 Å². The summed E-state index contributed by atoms with van der Waals surface area (Å²) in [5, 5.41) is 8.93. The topological polar surface area (TPSA) is 65.0 Å². The summed E-state index contributed by atoms with van der Waals surface area (Å²) in [5.41, 5.74) is 0. The van der Waals surface area contributed by atoms with Crippen molar-refractivity contribution in [3.05, 3.63) is 24.3 Å². The van der Waals surface area contributed by atoms with Crippen LogP contribution in [0, 0.1) is 5.92 Å². The molecule has 158 valence electrons. The maximum absolute atomic E-state index is 11.7. The molecule has 0 aliphatic heterocycles. The van der Waals surface area contributed by atoms with Crippen molar-refractivity contribution in [2.24, 2.45) is 5.92 Å². The van der Waals surface area contributed by atoms with Gasteiger partial charge in [-0.15, -0.1) is 0 Å². The molecular weight excluding hydrogens is 344 g/mol. The van der Waals surface area contributed by atoms with E-state index in [4.69, 9.17) is 19.3 Å². The summed E-state index contributed by atoms with van der Waals surface area (Å²) >= 11 is 0. The lowest BCUT2D eigenvalue weighted by Crippen LogP contribution is -2.19. The van der Waals surface area contributed by atoms with Crippen LogP contribution in [-0.2, 0) is 19.0 Å². The van der Waals surface area contributed by atoms with Crippen LogP contribution >= 0.6 is 0 Å². The molecule has 0 heterocycles. The minimum absolute atomic E-state index is 0.0105. The van der Waals surface area contributed by atoms with Gasteiger partial charge >= 0.3 is 5.97 Å². The highest BCUT2D eigenvalue weighted by atomic mass is 16.7. The average molecular weight is 385 g/mol. The van der Waals surface area contributed by atoms with Crippen molar-refractivity contribution in [2.75, 3.05) is 26.4 Å². The monoisotopic (exact) mass is 384 g/mol. The Balaban J connectivity index is 4.03. The molecule has 0 radical (unpaired) electrons. The number of rotatable bonds is 18. The predicted octanol–water partition coefficient (Wildman–Crippen LogP) is 4.79. The number of hydrogen-bond acceptors (Lipinski definition) is 5. The SMILES string of the molecule is CC/C=C\CCOC(CCCCC(=O)OCC(C)CO)OCC/C=C\CC. The molecule has 0 aromatic heterocycles. The minimum atomic E-state index is -0.222. The van der Waals surface area contributed by atoms with Gasteiger partial charge in [-0.1, -0.05) is 45.1 Å². The molecule has 0 spiro atoms. The largest absolute Gasteiger partial charge is 0.465 e. The molecule has 0 saturated heterocycles. The first-order valence-corrected chi connectivity index (χ1v) is 10.4. The van der Waals surface area contributed by atoms with Gasteiger partial charge < -0.3 is 19.3 Å². The van der Waals surface area contributed by atoms with Crippen LogP contribution in [0.4, 0.5) is 0 Å². The van der Waals surface area contributed by atoms with E-state index in [9.17, 15) is 4.79 Å². The third-order valence-electron chi connectivity index (χ3n) is 3.89. The third kappa shape index (κ3) is 18.0. The number of esters is 1. The van der Waals surface area contributed by atoms with Gasteiger partial charge in [0, 0.05) is 18.9 Å².